The Morgan fingerprint density at radius 1 is 1.28 bits per heavy atom. The van der Waals surface area contributed by atoms with Gasteiger partial charge in [0.05, 0.1) is 5.52 Å². The Labute approximate surface area is 114 Å². The summed E-state index contributed by atoms with van der Waals surface area (Å²) in [7, 11) is 0. The minimum absolute atomic E-state index is 0.869. The quantitative estimate of drug-likeness (QED) is 0.612. The van der Waals surface area contributed by atoms with Crippen molar-refractivity contribution < 1.29 is 0 Å². The second-order valence-electron chi connectivity index (χ2n) is 3.49. The van der Waals surface area contributed by atoms with E-state index in [0.717, 1.165) is 28.8 Å². The van der Waals surface area contributed by atoms with Crippen molar-refractivity contribution in [2.75, 3.05) is 18.6 Å². The molecular weight excluding hydrogens is 240 g/mol. The molecule has 0 saturated carbocycles. The Kier molecular flexibility index (Phi) is 7.11. The molecule has 0 bridgehead atoms. The van der Waals surface area contributed by atoms with E-state index in [-0.39, 0.29) is 0 Å². The van der Waals surface area contributed by atoms with Crippen LogP contribution in [0.3, 0.4) is 0 Å². The summed E-state index contributed by atoms with van der Waals surface area (Å²) in [6, 6.07) is 10.2. The molecule has 0 aliphatic carbocycles. The summed E-state index contributed by atoms with van der Waals surface area (Å²) in [6.45, 7) is 4.87. The lowest BCUT2D eigenvalue weighted by Gasteiger charge is -1.97. The lowest BCUT2D eigenvalue weighted by molar-refractivity contribution is 1.16. The fourth-order valence-corrected chi connectivity index (χ4v) is 1.76. The van der Waals surface area contributed by atoms with E-state index in [0.29, 0.717) is 0 Å². The molecule has 18 heavy (non-hydrogen) atoms. The zero-order chi connectivity index (χ0) is 13.2. The van der Waals surface area contributed by atoms with Crippen molar-refractivity contribution in [1.82, 2.24) is 4.98 Å². The Bertz CT molecular complexity index is 495. The van der Waals surface area contributed by atoms with Gasteiger partial charge < -0.3 is 0 Å². The van der Waals surface area contributed by atoms with Crippen molar-refractivity contribution in [1.29, 1.82) is 0 Å². The minimum atomic E-state index is 0.869. The molecule has 0 amide bonds. The van der Waals surface area contributed by atoms with Gasteiger partial charge in [-0.1, -0.05) is 32.0 Å². The van der Waals surface area contributed by atoms with E-state index in [1.807, 2.05) is 56.2 Å². The second kappa shape index (κ2) is 8.70. The maximum atomic E-state index is 4.38. The van der Waals surface area contributed by atoms with Gasteiger partial charge in [-0.25, -0.2) is 0 Å². The number of hydrogen-bond acceptors (Lipinski definition) is 3. The summed E-state index contributed by atoms with van der Waals surface area (Å²) in [5, 5.41) is 1.16. The molecule has 1 heterocycles. The number of benzene rings is 1. The second-order valence-corrected chi connectivity index (χ2v) is 4.48. The molecule has 0 saturated heterocycles. The lowest BCUT2D eigenvalue weighted by atomic mass is 10.2. The molecule has 3 heteroatoms. The van der Waals surface area contributed by atoms with Crippen LogP contribution in [0.2, 0.25) is 0 Å². The number of nitrogens with zero attached hydrogens (tertiary/aromatic N) is 2. The van der Waals surface area contributed by atoms with Crippen molar-refractivity contribution >= 4 is 28.9 Å². The summed E-state index contributed by atoms with van der Waals surface area (Å²) >= 11 is 1.81. The fourth-order valence-electron chi connectivity index (χ4n) is 1.47. The van der Waals surface area contributed by atoms with Gasteiger partial charge in [-0.15, -0.1) is 0 Å². The molecule has 1 aromatic heterocycles. The van der Waals surface area contributed by atoms with Gasteiger partial charge in [0.15, 0.2) is 0 Å². The average Bonchev–Trinajstić information content (AvgIpc) is 2.46. The number of aromatic nitrogens is 1. The summed E-state index contributed by atoms with van der Waals surface area (Å²) < 4.78 is 0. The predicted molar refractivity (Wildman–Crippen MR) is 83.9 cm³/mol. The first-order valence-electron chi connectivity index (χ1n) is 6.24. The smallest absolute Gasteiger partial charge is 0.0702 e. The van der Waals surface area contributed by atoms with Crippen LogP contribution in [0.15, 0.2) is 41.5 Å². The van der Waals surface area contributed by atoms with E-state index in [2.05, 4.69) is 28.4 Å². The fraction of sp³-hybridized carbons (Fsp3) is 0.333. The molecule has 2 rings (SSSR count). The van der Waals surface area contributed by atoms with Crippen molar-refractivity contribution in [3.63, 3.8) is 0 Å². The molecule has 2 aromatic rings. The molecule has 0 unspecified atom stereocenters. The zero-order valence-electron chi connectivity index (χ0n) is 11.3. The minimum Gasteiger partial charge on any atom is -0.292 e. The highest BCUT2D eigenvalue weighted by Crippen LogP contribution is 2.11. The van der Waals surface area contributed by atoms with E-state index in [9.17, 15) is 0 Å². The number of fused-ring (bicyclic) bond motifs is 1. The van der Waals surface area contributed by atoms with Crippen LogP contribution < -0.4 is 0 Å². The van der Waals surface area contributed by atoms with Crippen LogP contribution in [-0.2, 0) is 0 Å². The van der Waals surface area contributed by atoms with E-state index in [1.165, 1.54) is 0 Å². The number of pyridine rings is 1. The van der Waals surface area contributed by atoms with Crippen molar-refractivity contribution in [3.8, 4) is 0 Å². The number of rotatable bonds is 4. The summed E-state index contributed by atoms with van der Waals surface area (Å²) in [4.78, 5) is 8.74. The molecule has 0 spiro atoms. The van der Waals surface area contributed by atoms with Gasteiger partial charge in [0.25, 0.3) is 0 Å². The van der Waals surface area contributed by atoms with E-state index in [1.54, 1.807) is 0 Å². The number of para-hydroxylation sites is 1. The Morgan fingerprint density at radius 3 is 2.83 bits per heavy atom. The van der Waals surface area contributed by atoms with Gasteiger partial charge in [-0.05, 0) is 18.4 Å². The number of thioether (sulfide) groups is 1. The predicted octanol–water partition coefficient (Wildman–Crippen LogP) is 4.04. The van der Waals surface area contributed by atoms with Crippen LogP contribution in [0, 0.1) is 0 Å². The topological polar surface area (TPSA) is 25.2 Å². The first-order chi connectivity index (χ1) is 8.90. The normalized spacial score (nSPS) is 10.4. The third kappa shape index (κ3) is 4.49. The average molecular weight is 260 g/mol. The highest BCUT2D eigenvalue weighted by molar-refractivity contribution is 7.98. The van der Waals surface area contributed by atoms with Crippen LogP contribution in [-0.4, -0.2) is 29.8 Å². The standard InChI is InChI=1S/C13H14N2S.C2H6/c1-16-7-6-14-9-11-8-12-4-2-3-5-13(12)15-10-11;1-2/h2-5,8-10H,6-7H2,1H3;1-2H3. The van der Waals surface area contributed by atoms with Crippen molar-refractivity contribution in [2.24, 2.45) is 4.99 Å². The number of aliphatic imine (C=N–C) groups is 1. The van der Waals surface area contributed by atoms with Crippen LogP contribution in [0.25, 0.3) is 10.9 Å². The molecule has 0 N–H and O–H groups in total. The van der Waals surface area contributed by atoms with Crippen LogP contribution >= 0.6 is 11.8 Å². The van der Waals surface area contributed by atoms with Gasteiger partial charge >= 0.3 is 0 Å². The molecule has 0 aliphatic heterocycles. The third-order valence-electron chi connectivity index (χ3n) is 2.28. The summed E-state index contributed by atoms with van der Waals surface area (Å²) in [5.74, 6) is 1.07. The van der Waals surface area contributed by atoms with Crippen LogP contribution in [0.1, 0.15) is 19.4 Å². The molecule has 96 valence electrons. The molecule has 0 radical (unpaired) electrons. The maximum Gasteiger partial charge on any atom is 0.0702 e. The van der Waals surface area contributed by atoms with Crippen LogP contribution in [0.5, 0.6) is 0 Å². The SMILES string of the molecule is CC.CSCCN=Cc1cnc2ccccc2c1. The zero-order valence-corrected chi connectivity index (χ0v) is 12.1. The van der Waals surface area contributed by atoms with E-state index < -0.39 is 0 Å². The third-order valence-corrected chi connectivity index (χ3v) is 2.87. The van der Waals surface area contributed by atoms with Crippen LogP contribution in [0.4, 0.5) is 0 Å². The van der Waals surface area contributed by atoms with E-state index in [4.69, 9.17) is 0 Å². The first kappa shape index (κ1) is 14.7. The molecule has 2 nitrogen and oxygen atoms in total. The molecular formula is C15H20N2S. The first-order valence-corrected chi connectivity index (χ1v) is 7.63. The van der Waals surface area contributed by atoms with Crippen molar-refractivity contribution in [3.05, 3.63) is 42.1 Å². The Balaban J connectivity index is 0.000000771. The summed E-state index contributed by atoms with van der Waals surface area (Å²) in [6.07, 6.45) is 5.85. The van der Waals surface area contributed by atoms with Crippen molar-refractivity contribution in [2.45, 2.75) is 13.8 Å². The highest BCUT2D eigenvalue weighted by Gasteiger charge is 1.94. The molecule has 1 aromatic carbocycles. The Hall–Kier alpha value is -1.35. The largest absolute Gasteiger partial charge is 0.292 e. The number of hydrogen-bond donors (Lipinski definition) is 0. The summed E-state index contributed by atoms with van der Waals surface area (Å²) in [5.41, 5.74) is 2.10. The lowest BCUT2D eigenvalue weighted by Crippen LogP contribution is -1.88. The maximum absolute atomic E-state index is 4.38. The Morgan fingerprint density at radius 2 is 2.06 bits per heavy atom. The van der Waals surface area contributed by atoms with E-state index >= 15 is 0 Å². The molecule has 0 fully saturated rings. The molecule has 0 atom stereocenters. The van der Waals surface area contributed by atoms with Gasteiger partial charge in [-0.2, -0.15) is 11.8 Å². The highest BCUT2D eigenvalue weighted by atomic mass is 32.2. The van der Waals surface area contributed by atoms with Gasteiger partial charge in [0.1, 0.15) is 0 Å². The monoisotopic (exact) mass is 260 g/mol. The van der Waals surface area contributed by atoms with Gasteiger partial charge in [-0.3, -0.25) is 9.98 Å². The molecule has 0 aliphatic rings. The van der Waals surface area contributed by atoms with Gasteiger partial charge in [0.2, 0.25) is 0 Å². The van der Waals surface area contributed by atoms with Gasteiger partial charge in [0, 0.05) is 35.7 Å².